The molecule has 3 fully saturated rings. The van der Waals surface area contributed by atoms with Crippen LogP contribution < -0.4 is 5.32 Å². The van der Waals surface area contributed by atoms with Gasteiger partial charge in [0.1, 0.15) is 6.54 Å². The van der Waals surface area contributed by atoms with Crippen LogP contribution in [0.1, 0.15) is 31.2 Å². The molecule has 0 spiro atoms. The van der Waals surface area contributed by atoms with Crippen molar-refractivity contribution in [3.8, 4) is 0 Å². The SMILES string of the molecule is Cc1ccc(S(=O)(=O)N2CCOCC2)cc1NC(=O)CN1C(=O)C(=O)N(C2CCCC2)C1=O. The molecule has 33 heavy (non-hydrogen) atoms. The number of imide groups is 2. The molecular formula is C21H26N4O7S. The number of amides is 5. The van der Waals surface area contributed by atoms with Gasteiger partial charge in [-0.3, -0.25) is 19.3 Å². The standard InChI is InChI=1S/C21H26N4O7S/c1-14-6-7-16(33(30,31)23-8-10-32-11-9-23)12-17(14)22-18(26)13-24-19(27)20(28)25(21(24)29)15-4-2-3-5-15/h6-7,12,15H,2-5,8-11,13H2,1H3,(H,22,26). The van der Waals surface area contributed by atoms with Crippen LogP contribution in [0.5, 0.6) is 0 Å². The van der Waals surface area contributed by atoms with Crippen molar-refractivity contribution in [3.63, 3.8) is 0 Å². The summed E-state index contributed by atoms with van der Waals surface area (Å²) in [7, 11) is -3.77. The predicted molar refractivity (Wildman–Crippen MR) is 116 cm³/mol. The molecule has 1 aliphatic carbocycles. The van der Waals surface area contributed by atoms with E-state index < -0.39 is 40.3 Å². The zero-order chi connectivity index (χ0) is 23.8. The van der Waals surface area contributed by atoms with E-state index in [9.17, 15) is 27.6 Å². The molecule has 2 heterocycles. The molecule has 3 aliphatic rings. The summed E-state index contributed by atoms with van der Waals surface area (Å²) in [5.41, 5.74) is 0.847. The zero-order valence-electron chi connectivity index (χ0n) is 18.3. The number of urea groups is 1. The van der Waals surface area contributed by atoms with Crippen LogP contribution in [0.2, 0.25) is 0 Å². The normalized spacial score (nSPS) is 20.7. The molecule has 0 unspecified atom stereocenters. The van der Waals surface area contributed by atoms with Gasteiger partial charge in [0.15, 0.2) is 0 Å². The number of carbonyl (C=O) groups excluding carboxylic acids is 4. The first-order valence-electron chi connectivity index (χ1n) is 10.9. The number of rotatable bonds is 6. The van der Waals surface area contributed by atoms with Gasteiger partial charge in [-0.25, -0.2) is 18.1 Å². The van der Waals surface area contributed by atoms with E-state index in [0.717, 1.165) is 17.7 Å². The Kier molecular flexibility index (Phi) is 6.50. The number of morpholine rings is 1. The number of nitrogens with zero attached hydrogens (tertiary/aromatic N) is 3. The summed E-state index contributed by atoms with van der Waals surface area (Å²) in [4.78, 5) is 51.6. The maximum Gasteiger partial charge on any atom is 0.334 e. The van der Waals surface area contributed by atoms with E-state index in [1.165, 1.54) is 16.4 Å². The van der Waals surface area contributed by atoms with Crippen LogP contribution in [-0.2, 0) is 29.1 Å². The van der Waals surface area contributed by atoms with E-state index in [1.54, 1.807) is 13.0 Å². The topological polar surface area (TPSA) is 133 Å². The lowest BCUT2D eigenvalue weighted by atomic mass is 10.2. The van der Waals surface area contributed by atoms with Crippen molar-refractivity contribution in [2.24, 2.45) is 0 Å². The minimum absolute atomic E-state index is 0.0150. The van der Waals surface area contributed by atoms with Gasteiger partial charge in [-0.05, 0) is 37.5 Å². The number of ether oxygens (including phenoxy) is 1. The van der Waals surface area contributed by atoms with Gasteiger partial charge in [-0.1, -0.05) is 18.9 Å². The highest BCUT2D eigenvalue weighted by Gasteiger charge is 2.48. The van der Waals surface area contributed by atoms with Crippen molar-refractivity contribution in [2.75, 3.05) is 38.2 Å². The van der Waals surface area contributed by atoms with Crippen LogP contribution in [0.25, 0.3) is 0 Å². The van der Waals surface area contributed by atoms with Crippen molar-refractivity contribution in [1.82, 2.24) is 14.1 Å². The second kappa shape index (κ2) is 9.20. The molecule has 0 atom stereocenters. The number of benzene rings is 1. The van der Waals surface area contributed by atoms with E-state index in [1.807, 2.05) is 0 Å². The monoisotopic (exact) mass is 478 g/mol. The molecule has 4 rings (SSSR count). The fourth-order valence-electron chi connectivity index (χ4n) is 4.31. The van der Waals surface area contributed by atoms with E-state index in [2.05, 4.69) is 5.32 Å². The molecule has 0 bridgehead atoms. The molecule has 2 saturated heterocycles. The summed E-state index contributed by atoms with van der Waals surface area (Å²) >= 11 is 0. The molecule has 2 aliphatic heterocycles. The molecular weight excluding hydrogens is 452 g/mol. The number of anilines is 1. The van der Waals surface area contributed by atoms with E-state index >= 15 is 0 Å². The largest absolute Gasteiger partial charge is 0.379 e. The van der Waals surface area contributed by atoms with Gasteiger partial charge in [0, 0.05) is 24.8 Å². The van der Waals surface area contributed by atoms with Crippen molar-refractivity contribution in [3.05, 3.63) is 23.8 Å². The van der Waals surface area contributed by atoms with Gasteiger partial charge < -0.3 is 10.1 Å². The highest BCUT2D eigenvalue weighted by Crippen LogP contribution is 2.28. The Bertz CT molecular complexity index is 1090. The van der Waals surface area contributed by atoms with Gasteiger partial charge >= 0.3 is 17.8 Å². The Morgan fingerprint density at radius 1 is 1.09 bits per heavy atom. The van der Waals surface area contributed by atoms with Gasteiger partial charge in [0.05, 0.1) is 18.1 Å². The fraction of sp³-hybridized carbons (Fsp3) is 0.524. The van der Waals surface area contributed by atoms with Gasteiger partial charge in [-0.15, -0.1) is 0 Å². The van der Waals surface area contributed by atoms with Crippen molar-refractivity contribution in [2.45, 2.75) is 43.5 Å². The van der Waals surface area contributed by atoms with Crippen molar-refractivity contribution >= 4 is 39.5 Å². The molecule has 0 aromatic heterocycles. The minimum Gasteiger partial charge on any atom is -0.379 e. The van der Waals surface area contributed by atoms with Gasteiger partial charge in [0.25, 0.3) is 0 Å². The first-order valence-corrected chi connectivity index (χ1v) is 12.3. The third-order valence-electron chi connectivity index (χ3n) is 6.17. The molecule has 5 amide bonds. The average Bonchev–Trinajstić information content (AvgIpc) is 3.39. The summed E-state index contributed by atoms with van der Waals surface area (Å²) in [6.45, 7) is 2.16. The van der Waals surface area contributed by atoms with E-state index in [0.29, 0.717) is 36.5 Å². The molecule has 178 valence electrons. The maximum absolute atomic E-state index is 12.9. The first kappa shape index (κ1) is 23.3. The Balaban J connectivity index is 1.47. The van der Waals surface area contributed by atoms with Crippen LogP contribution >= 0.6 is 0 Å². The Morgan fingerprint density at radius 2 is 1.76 bits per heavy atom. The van der Waals surface area contributed by atoms with Crippen LogP contribution in [0.15, 0.2) is 23.1 Å². The summed E-state index contributed by atoms with van der Waals surface area (Å²) in [6.07, 6.45) is 3.04. The zero-order valence-corrected chi connectivity index (χ0v) is 19.1. The maximum atomic E-state index is 12.9. The molecule has 12 heteroatoms. The third-order valence-corrected chi connectivity index (χ3v) is 8.06. The van der Waals surface area contributed by atoms with Gasteiger partial charge in [-0.2, -0.15) is 4.31 Å². The fourth-order valence-corrected chi connectivity index (χ4v) is 5.75. The van der Waals surface area contributed by atoms with Crippen molar-refractivity contribution < 1.29 is 32.3 Å². The number of hydrogen-bond donors (Lipinski definition) is 1. The van der Waals surface area contributed by atoms with Crippen molar-refractivity contribution in [1.29, 1.82) is 0 Å². The Hall–Kier alpha value is -2.83. The summed E-state index contributed by atoms with van der Waals surface area (Å²) < 4.78 is 32.4. The molecule has 1 aromatic carbocycles. The molecule has 1 N–H and O–H groups in total. The molecule has 0 radical (unpaired) electrons. The second-order valence-corrected chi connectivity index (χ2v) is 10.3. The lowest BCUT2D eigenvalue weighted by molar-refractivity contribution is -0.144. The molecule has 11 nitrogen and oxygen atoms in total. The van der Waals surface area contributed by atoms with E-state index in [-0.39, 0.29) is 29.7 Å². The quantitative estimate of drug-likeness (QED) is 0.470. The minimum atomic E-state index is -3.77. The lowest BCUT2D eigenvalue weighted by Gasteiger charge is -2.26. The Morgan fingerprint density at radius 3 is 2.42 bits per heavy atom. The third kappa shape index (κ3) is 4.50. The van der Waals surface area contributed by atoms with Crippen LogP contribution in [0, 0.1) is 6.92 Å². The number of sulfonamides is 1. The summed E-state index contributed by atoms with van der Waals surface area (Å²) in [6, 6.07) is 3.28. The highest BCUT2D eigenvalue weighted by molar-refractivity contribution is 7.89. The van der Waals surface area contributed by atoms with Gasteiger partial charge in [0.2, 0.25) is 15.9 Å². The second-order valence-electron chi connectivity index (χ2n) is 8.33. The highest BCUT2D eigenvalue weighted by atomic mass is 32.2. The Labute approximate surface area is 191 Å². The molecule has 1 saturated carbocycles. The lowest BCUT2D eigenvalue weighted by Crippen LogP contribution is -2.42. The predicted octanol–water partition coefficient (Wildman–Crippen LogP) is 0.688. The smallest absolute Gasteiger partial charge is 0.334 e. The molecule has 1 aromatic rings. The average molecular weight is 479 g/mol. The van der Waals surface area contributed by atoms with Crippen LogP contribution in [-0.4, -0.2) is 85.2 Å². The first-order chi connectivity index (χ1) is 15.7. The van der Waals surface area contributed by atoms with Crippen LogP contribution in [0.3, 0.4) is 0 Å². The van der Waals surface area contributed by atoms with Crippen LogP contribution in [0.4, 0.5) is 10.5 Å². The number of nitrogens with one attached hydrogen (secondary N) is 1. The van der Waals surface area contributed by atoms with E-state index in [4.69, 9.17) is 4.74 Å². The summed E-state index contributed by atoms with van der Waals surface area (Å²) in [5.74, 6) is -2.64. The number of aryl methyl sites for hydroxylation is 1. The number of hydrogen-bond acceptors (Lipinski definition) is 7. The number of carbonyl (C=O) groups is 4. The summed E-state index contributed by atoms with van der Waals surface area (Å²) in [5, 5.41) is 2.57.